The minimum Gasteiger partial charge on any atom is -0.322 e. The molecule has 10 heteroatoms. The number of aryl methyl sites for hydroxylation is 1. The van der Waals surface area contributed by atoms with Crippen LogP contribution in [0.5, 0.6) is 0 Å². The Morgan fingerprint density at radius 3 is 2.65 bits per heavy atom. The van der Waals surface area contributed by atoms with Crippen LogP contribution in [0.2, 0.25) is 0 Å². The first-order chi connectivity index (χ1) is 14.9. The number of hydrogen-bond acceptors (Lipinski definition) is 6. The maximum atomic E-state index is 12.9. The van der Waals surface area contributed by atoms with Crippen LogP contribution < -0.4 is 10.7 Å². The monoisotopic (exact) mass is 425 g/mol. The maximum Gasteiger partial charge on any atom is 0.344 e. The minimum atomic E-state index is -1.05. The number of piperidine rings is 1. The van der Waals surface area contributed by atoms with E-state index in [-0.39, 0.29) is 18.5 Å². The molecule has 10 nitrogen and oxygen atoms in total. The van der Waals surface area contributed by atoms with Gasteiger partial charge in [0.05, 0.1) is 12.6 Å². The van der Waals surface area contributed by atoms with Gasteiger partial charge in [-0.2, -0.15) is 10.1 Å². The first kappa shape index (κ1) is 21.0. The lowest BCUT2D eigenvalue weighted by molar-refractivity contribution is -0.139. The van der Waals surface area contributed by atoms with Crippen molar-refractivity contribution in [2.75, 3.05) is 19.6 Å². The summed E-state index contributed by atoms with van der Waals surface area (Å²) in [6.07, 6.45) is 6.04. The van der Waals surface area contributed by atoms with Crippen molar-refractivity contribution in [2.45, 2.75) is 44.2 Å². The van der Waals surface area contributed by atoms with Crippen molar-refractivity contribution in [3.8, 4) is 0 Å². The Morgan fingerprint density at radius 2 is 1.97 bits per heavy atom. The van der Waals surface area contributed by atoms with Crippen molar-refractivity contribution in [3.05, 3.63) is 48.5 Å². The number of urea groups is 1. The average molecular weight is 425 g/mol. The molecule has 4 rings (SSSR count). The molecule has 31 heavy (non-hydrogen) atoms. The van der Waals surface area contributed by atoms with E-state index in [9.17, 15) is 14.4 Å². The van der Waals surface area contributed by atoms with E-state index in [0.29, 0.717) is 12.8 Å². The Labute approximate surface area is 180 Å². The molecule has 0 spiro atoms. The van der Waals surface area contributed by atoms with Gasteiger partial charge in [-0.25, -0.2) is 14.5 Å². The fourth-order valence-corrected chi connectivity index (χ4v) is 4.11. The third-order valence-electron chi connectivity index (χ3n) is 5.99. The van der Waals surface area contributed by atoms with Gasteiger partial charge in [0.15, 0.2) is 0 Å². The number of nitrogens with zero attached hydrogens (tertiary/aromatic N) is 5. The minimum absolute atomic E-state index is 0.127. The summed E-state index contributed by atoms with van der Waals surface area (Å²) >= 11 is 0. The number of benzene rings is 1. The topological polar surface area (TPSA) is 112 Å². The molecule has 1 aromatic carbocycles. The SMILES string of the molecule is CC1(CCc2ccccc2)NC(=O)N(NC(=O)CN2CCC(n3cncn3)CC2)C1=O. The average Bonchev–Trinajstić information content (AvgIpc) is 3.38. The van der Waals surface area contributed by atoms with Crippen LogP contribution in [0.3, 0.4) is 0 Å². The molecule has 2 N–H and O–H groups in total. The van der Waals surface area contributed by atoms with Gasteiger partial charge in [0.2, 0.25) is 0 Å². The predicted octanol–water partition coefficient (Wildman–Crippen LogP) is 0.889. The van der Waals surface area contributed by atoms with E-state index in [0.717, 1.165) is 36.5 Å². The summed E-state index contributed by atoms with van der Waals surface area (Å²) in [7, 11) is 0. The van der Waals surface area contributed by atoms with Crippen LogP contribution in [-0.4, -0.2) is 67.7 Å². The summed E-state index contributed by atoms with van der Waals surface area (Å²) in [6, 6.07) is 9.45. The predicted molar refractivity (Wildman–Crippen MR) is 111 cm³/mol. The number of amides is 4. The molecule has 3 heterocycles. The first-order valence-electron chi connectivity index (χ1n) is 10.5. The summed E-state index contributed by atoms with van der Waals surface area (Å²) in [5.74, 6) is -0.818. The molecule has 2 saturated heterocycles. The molecule has 2 aliphatic rings. The van der Waals surface area contributed by atoms with Gasteiger partial charge in [-0.05, 0) is 38.2 Å². The lowest BCUT2D eigenvalue weighted by Gasteiger charge is -2.31. The summed E-state index contributed by atoms with van der Waals surface area (Å²) in [5, 5.41) is 7.72. The number of carbonyl (C=O) groups excluding carboxylic acids is 3. The molecule has 1 atom stereocenters. The zero-order chi connectivity index (χ0) is 21.8. The number of aromatic nitrogens is 3. The number of likely N-dealkylation sites (tertiary alicyclic amines) is 1. The molecular formula is C21H27N7O3. The van der Waals surface area contributed by atoms with E-state index in [1.165, 1.54) is 6.33 Å². The largest absolute Gasteiger partial charge is 0.344 e. The standard InChI is InChI=1S/C21H27N7O3/c1-21(10-7-16-5-3-2-4-6-16)19(30)28(20(31)24-21)25-18(29)13-26-11-8-17(9-12-26)27-15-22-14-23-27/h2-6,14-15,17H,7-13H2,1H3,(H,24,31)(H,25,29). The second-order valence-electron chi connectivity index (χ2n) is 8.31. The highest BCUT2D eigenvalue weighted by Gasteiger charge is 2.48. The van der Waals surface area contributed by atoms with E-state index in [1.54, 1.807) is 13.3 Å². The molecule has 2 fully saturated rings. The molecule has 1 aromatic heterocycles. The number of hydrogen-bond donors (Lipinski definition) is 2. The Hall–Kier alpha value is -3.27. The van der Waals surface area contributed by atoms with Crippen molar-refractivity contribution in [3.63, 3.8) is 0 Å². The molecular weight excluding hydrogens is 398 g/mol. The Kier molecular flexibility index (Phi) is 5.99. The van der Waals surface area contributed by atoms with Gasteiger partial charge in [-0.1, -0.05) is 30.3 Å². The van der Waals surface area contributed by atoms with Crippen molar-refractivity contribution in [1.82, 2.24) is 35.4 Å². The fraction of sp³-hybridized carbons (Fsp3) is 0.476. The first-order valence-corrected chi connectivity index (χ1v) is 10.5. The molecule has 2 aliphatic heterocycles. The smallest absolute Gasteiger partial charge is 0.322 e. The van der Waals surface area contributed by atoms with Crippen LogP contribution in [-0.2, 0) is 16.0 Å². The summed E-state index contributed by atoms with van der Waals surface area (Å²) in [4.78, 5) is 43.7. The normalized spacial score (nSPS) is 22.5. The molecule has 0 saturated carbocycles. The summed E-state index contributed by atoms with van der Waals surface area (Å²) in [6.45, 7) is 3.28. The van der Waals surface area contributed by atoms with Crippen molar-refractivity contribution >= 4 is 17.8 Å². The number of rotatable bonds is 7. The van der Waals surface area contributed by atoms with Gasteiger partial charge >= 0.3 is 6.03 Å². The van der Waals surface area contributed by atoms with Crippen molar-refractivity contribution in [1.29, 1.82) is 0 Å². The molecule has 0 radical (unpaired) electrons. The highest BCUT2D eigenvalue weighted by molar-refractivity contribution is 6.07. The Morgan fingerprint density at radius 1 is 1.23 bits per heavy atom. The van der Waals surface area contributed by atoms with Gasteiger partial charge in [0, 0.05) is 13.1 Å². The highest BCUT2D eigenvalue weighted by Crippen LogP contribution is 2.23. The van der Waals surface area contributed by atoms with Crippen LogP contribution in [0, 0.1) is 0 Å². The van der Waals surface area contributed by atoms with E-state index in [2.05, 4.69) is 20.8 Å². The molecule has 0 aliphatic carbocycles. The lowest BCUT2D eigenvalue weighted by Crippen LogP contribution is -2.52. The number of hydrazine groups is 1. The van der Waals surface area contributed by atoms with E-state index in [1.807, 2.05) is 39.9 Å². The third kappa shape index (κ3) is 4.74. The van der Waals surface area contributed by atoms with Gasteiger partial charge in [-0.15, -0.1) is 0 Å². The molecule has 4 amide bonds. The van der Waals surface area contributed by atoms with Crippen LogP contribution >= 0.6 is 0 Å². The summed E-state index contributed by atoms with van der Waals surface area (Å²) < 4.78 is 1.85. The zero-order valence-electron chi connectivity index (χ0n) is 17.5. The molecule has 164 valence electrons. The third-order valence-corrected chi connectivity index (χ3v) is 5.99. The quantitative estimate of drug-likeness (QED) is 0.637. The van der Waals surface area contributed by atoms with E-state index >= 15 is 0 Å². The van der Waals surface area contributed by atoms with Gasteiger partial charge in [-0.3, -0.25) is 19.9 Å². The van der Waals surface area contributed by atoms with Gasteiger partial charge in [0.1, 0.15) is 18.2 Å². The van der Waals surface area contributed by atoms with Crippen LogP contribution in [0.15, 0.2) is 43.0 Å². The maximum absolute atomic E-state index is 12.9. The number of nitrogens with one attached hydrogen (secondary N) is 2. The van der Waals surface area contributed by atoms with Crippen molar-refractivity contribution in [2.24, 2.45) is 0 Å². The second kappa shape index (κ2) is 8.84. The molecule has 0 bridgehead atoms. The number of imide groups is 1. The Bertz CT molecular complexity index is 926. The fourth-order valence-electron chi connectivity index (χ4n) is 4.11. The second-order valence-corrected chi connectivity index (χ2v) is 8.31. The van der Waals surface area contributed by atoms with E-state index < -0.39 is 17.5 Å². The zero-order valence-corrected chi connectivity index (χ0v) is 17.5. The van der Waals surface area contributed by atoms with Gasteiger partial charge < -0.3 is 5.32 Å². The summed E-state index contributed by atoms with van der Waals surface area (Å²) in [5.41, 5.74) is 2.52. The molecule has 2 aromatic rings. The van der Waals surface area contributed by atoms with Crippen LogP contribution in [0.25, 0.3) is 0 Å². The van der Waals surface area contributed by atoms with E-state index in [4.69, 9.17) is 0 Å². The Balaban J connectivity index is 1.27. The van der Waals surface area contributed by atoms with Gasteiger partial charge in [0.25, 0.3) is 11.8 Å². The van der Waals surface area contributed by atoms with Crippen LogP contribution in [0.1, 0.15) is 37.8 Å². The lowest BCUT2D eigenvalue weighted by atomic mass is 9.93. The highest BCUT2D eigenvalue weighted by atomic mass is 16.2. The number of carbonyl (C=O) groups is 3. The molecule has 1 unspecified atom stereocenters. The van der Waals surface area contributed by atoms with Crippen LogP contribution in [0.4, 0.5) is 4.79 Å². The van der Waals surface area contributed by atoms with Crippen molar-refractivity contribution < 1.29 is 14.4 Å².